The molecular weight excluding hydrogens is 206 g/mol. The van der Waals surface area contributed by atoms with Crippen LogP contribution in [0.3, 0.4) is 0 Å². The number of hydrogen-bond acceptors (Lipinski definition) is 4. The van der Waals surface area contributed by atoms with Crippen LogP contribution in [0, 0.1) is 0 Å². The summed E-state index contributed by atoms with van der Waals surface area (Å²) in [5, 5.41) is 31.4. The Morgan fingerprint density at radius 1 is 1.25 bits per heavy atom. The zero-order valence-electron chi connectivity index (χ0n) is 9.73. The van der Waals surface area contributed by atoms with E-state index >= 15 is 0 Å². The average Bonchev–Trinajstić information content (AvgIpc) is 2.22. The Bertz CT molecular complexity index is 388. The molecule has 0 heterocycles. The van der Waals surface area contributed by atoms with Crippen LogP contribution in [0.2, 0.25) is 0 Å². The van der Waals surface area contributed by atoms with Gasteiger partial charge in [0, 0.05) is 0 Å². The number of nitrogens with zero attached hydrogens (tertiary/aromatic N) is 1. The van der Waals surface area contributed by atoms with Crippen LogP contribution in [0.15, 0.2) is 17.3 Å². The minimum atomic E-state index is -0.0571. The molecule has 1 aromatic carbocycles. The van der Waals surface area contributed by atoms with Crippen LogP contribution in [0.25, 0.3) is 0 Å². The maximum atomic E-state index is 9.80. The highest BCUT2D eigenvalue weighted by atomic mass is 16.4. The van der Waals surface area contributed by atoms with Crippen LogP contribution in [-0.4, -0.2) is 21.1 Å². The molecule has 0 radical (unpaired) electrons. The summed E-state index contributed by atoms with van der Waals surface area (Å²) >= 11 is 0. The minimum absolute atomic E-state index is 0.0571. The van der Waals surface area contributed by atoms with Gasteiger partial charge in [0.25, 0.3) is 0 Å². The number of aromatic hydroxyl groups is 2. The number of oxime groups is 1. The number of phenols is 2. The van der Waals surface area contributed by atoms with Gasteiger partial charge in [0.05, 0.1) is 11.3 Å². The number of hydrogen-bond donors (Lipinski definition) is 3. The molecular formula is C12H17NO3. The number of rotatable bonds is 3. The Balaban J connectivity index is 3.33. The molecule has 0 fully saturated rings. The predicted molar refractivity (Wildman–Crippen MR) is 62.5 cm³/mol. The summed E-state index contributed by atoms with van der Waals surface area (Å²) < 4.78 is 0. The highest BCUT2D eigenvalue weighted by Gasteiger charge is 2.16. The molecule has 1 rings (SSSR count). The monoisotopic (exact) mass is 223 g/mol. The molecule has 0 bridgehead atoms. The molecule has 0 amide bonds. The molecule has 0 unspecified atom stereocenters. The Labute approximate surface area is 94.9 Å². The van der Waals surface area contributed by atoms with Crippen LogP contribution in [-0.2, 0) is 0 Å². The fourth-order valence-corrected chi connectivity index (χ4v) is 1.56. The van der Waals surface area contributed by atoms with Crippen LogP contribution >= 0.6 is 0 Å². The summed E-state index contributed by atoms with van der Waals surface area (Å²) in [6, 6.07) is 3.17. The SMILES string of the molecule is CCC(=NO)c1c(O)cc(C(C)C)cc1O. The zero-order chi connectivity index (χ0) is 12.3. The molecule has 16 heavy (non-hydrogen) atoms. The van der Waals surface area contributed by atoms with E-state index in [1.165, 1.54) is 0 Å². The van der Waals surface area contributed by atoms with Gasteiger partial charge in [0.1, 0.15) is 11.5 Å². The van der Waals surface area contributed by atoms with E-state index in [1.807, 2.05) is 13.8 Å². The van der Waals surface area contributed by atoms with E-state index in [0.29, 0.717) is 6.42 Å². The van der Waals surface area contributed by atoms with Crippen LogP contribution in [0.4, 0.5) is 0 Å². The Hall–Kier alpha value is -1.71. The molecule has 0 aliphatic heterocycles. The lowest BCUT2D eigenvalue weighted by Gasteiger charge is -2.12. The highest BCUT2D eigenvalue weighted by molar-refractivity contribution is 6.04. The minimum Gasteiger partial charge on any atom is -0.507 e. The lowest BCUT2D eigenvalue weighted by Crippen LogP contribution is -2.01. The van der Waals surface area contributed by atoms with Gasteiger partial charge >= 0.3 is 0 Å². The molecule has 0 saturated heterocycles. The number of phenolic OH excluding ortho intramolecular Hbond substituents is 2. The first kappa shape index (κ1) is 12.4. The summed E-state index contributed by atoms with van der Waals surface area (Å²) in [4.78, 5) is 0. The standard InChI is InChI=1S/C12H17NO3/c1-4-9(13-16)12-10(14)5-8(7(2)3)6-11(12)15/h5-7,14-16H,4H2,1-3H3. The second-order valence-electron chi connectivity index (χ2n) is 3.99. The van der Waals surface area contributed by atoms with Crippen molar-refractivity contribution >= 4 is 5.71 Å². The highest BCUT2D eigenvalue weighted by Crippen LogP contribution is 2.32. The van der Waals surface area contributed by atoms with Crippen molar-refractivity contribution in [1.82, 2.24) is 0 Å². The molecule has 0 spiro atoms. The second-order valence-corrected chi connectivity index (χ2v) is 3.99. The molecule has 0 saturated carbocycles. The fourth-order valence-electron chi connectivity index (χ4n) is 1.56. The maximum absolute atomic E-state index is 9.80. The van der Waals surface area contributed by atoms with Gasteiger partial charge in [0.2, 0.25) is 0 Å². The van der Waals surface area contributed by atoms with Gasteiger partial charge in [0.15, 0.2) is 0 Å². The molecule has 0 aliphatic carbocycles. The van der Waals surface area contributed by atoms with Gasteiger partial charge in [-0.25, -0.2) is 0 Å². The van der Waals surface area contributed by atoms with E-state index < -0.39 is 0 Å². The van der Waals surface area contributed by atoms with Gasteiger partial charge in [-0.2, -0.15) is 0 Å². The Kier molecular flexibility index (Phi) is 3.77. The van der Waals surface area contributed by atoms with Crippen LogP contribution < -0.4 is 0 Å². The summed E-state index contributed by atoms with van der Waals surface area (Å²) in [5.41, 5.74) is 1.31. The Morgan fingerprint density at radius 3 is 2.06 bits per heavy atom. The maximum Gasteiger partial charge on any atom is 0.128 e. The Morgan fingerprint density at radius 2 is 1.75 bits per heavy atom. The quantitative estimate of drug-likeness (QED) is 0.419. The van der Waals surface area contributed by atoms with E-state index in [-0.39, 0.29) is 28.7 Å². The van der Waals surface area contributed by atoms with E-state index in [2.05, 4.69) is 5.16 Å². The molecule has 0 aliphatic rings. The first-order chi connectivity index (χ1) is 7.51. The van der Waals surface area contributed by atoms with Crippen LogP contribution in [0.1, 0.15) is 44.2 Å². The third-order valence-electron chi connectivity index (χ3n) is 2.53. The molecule has 0 aromatic heterocycles. The van der Waals surface area contributed by atoms with Gasteiger partial charge in [-0.05, 0) is 30.0 Å². The van der Waals surface area contributed by atoms with Crippen molar-refractivity contribution in [1.29, 1.82) is 0 Å². The lowest BCUT2D eigenvalue weighted by molar-refractivity contribution is 0.317. The first-order valence-corrected chi connectivity index (χ1v) is 5.28. The predicted octanol–water partition coefficient (Wildman–Crippen LogP) is 2.81. The van der Waals surface area contributed by atoms with Gasteiger partial charge < -0.3 is 15.4 Å². The second kappa shape index (κ2) is 4.88. The van der Waals surface area contributed by atoms with Gasteiger partial charge in [-0.1, -0.05) is 25.9 Å². The first-order valence-electron chi connectivity index (χ1n) is 5.28. The van der Waals surface area contributed by atoms with E-state index in [4.69, 9.17) is 5.21 Å². The zero-order valence-corrected chi connectivity index (χ0v) is 9.73. The molecule has 3 N–H and O–H groups in total. The van der Waals surface area contributed by atoms with Crippen molar-refractivity contribution in [3.63, 3.8) is 0 Å². The molecule has 0 atom stereocenters. The van der Waals surface area contributed by atoms with Crippen molar-refractivity contribution in [2.24, 2.45) is 5.16 Å². The smallest absolute Gasteiger partial charge is 0.128 e. The van der Waals surface area contributed by atoms with Gasteiger partial charge in [-0.3, -0.25) is 0 Å². The normalized spacial score (nSPS) is 12.1. The molecule has 4 nitrogen and oxygen atoms in total. The van der Waals surface area contributed by atoms with E-state index in [0.717, 1.165) is 5.56 Å². The van der Waals surface area contributed by atoms with Crippen molar-refractivity contribution in [2.75, 3.05) is 0 Å². The third kappa shape index (κ3) is 2.27. The summed E-state index contributed by atoms with van der Waals surface area (Å²) in [6.07, 6.45) is 0.429. The van der Waals surface area contributed by atoms with Gasteiger partial charge in [-0.15, -0.1) is 0 Å². The van der Waals surface area contributed by atoms with Crippen molar-refractivity contribution in [3.05, 3.63) is 23.3 Å². The average molecular weight is 223 g/mol. The third-order valence-corrected chi connectivity index (χ3v) is 2.53. The van der Waals surface area contributed by atoms with E-state index in [1.54, 1.807) is 19.1 Å². The van der Waals surface area contributed by atoms with Crippen molar-refractivity contribution in [3.8, 4) is 11.5 Å². The largest absolute Gasteiger partial charge is 0.507 e. The topological polar surface area (TPSA) is 73.1 Å². The van der Waals surface area contributed by atoms with Crippen molar-refractivity contribution < 1.29 is 15.4 Å². The fraction of sp³-hybridized carbons (Fsp3) is 0.417. The molecule has 88 valence electrons. The van der Waals surface area contributed by atoms with Crippen LogP contribution in [0.5, 0.6) is 11.5 Å². The summed E-state index contributed by atoms with van der Waals surface area (Å²) in [7, 11) is 0. The van der Waals surface area contributed by atoms with E-state index in [9.17, 15) is 10.2 Å². The molecule has 1 aromatic rings. The summed E-state index contributed by atoms with van der Waals surface area (Å²) in [6.45, 7) is 5.72. The molecule has 4 heteroatoms. The lowest BCUT2D eigenvalue weighted by atomic mass is 9.97. The summed E-state index contributed by atoms with van der Waals surface area (Å²) in [5.74, 6) is 0.0960. The number of benzene rings is 1. The van der Waals surface area contributed by atoms with Crippen molar-refractivity contribution in [2.45, 2.75) is 33.1 Å².